The van der Waals surface area contributed by atoms with Gasteiger partial charge >= 0.3 is 5.97 Å². The van der Waals surface area contributed by atoms with Crippen molar-refractivity contribution in [3.63, 3.8) is 0 Å². The molecular weight excluding hydrogens is 210 g/mol. The molecule has 2 rings (SSSR count). The van der Waals surface area contributed by atoms with E-state index in [1.807, 2.05) is 0 Å². The van der Waals surface area contributed by atoms with Gasteiger partial charge in [0.2, 0.25) is 0 Å². The summed E-state index contributed by atoms with van der Waals surface area (Å²) in [7, 11) is 0. The molecule has 0 saturated carbocycles. The number of hydrogen-bond donors (Lipinski definition) is 1. The van der Waals surface area contributed by atoms with Crippen LogP contribution >= 0.6 is 11.8 Å². The lowest BCUT2D eigenvalue weighted by atomic mass is 9.92. The van der Waals surface area contributed by atoms with Crippen molar-refractivity contribution in [1.82, 2.24) is 4.90 Å². The SMILES string of the molecule is CC1SCCCC1N1CC(CC(=O)O)C1. The number of carbonyl (C=O) groups is 1. The van der Waals surface area contributed by atoms with Gasteiger partial charge in [0.25, 0.3) is 0 Å². The van der Waals surface area contributed by atoms with Gasteiger partial charge in [-0.3, -0.25) is 9.69 Å². The molecule has 0 amide bonds. The monoisotopic (exact) mass is 229 g/mol. The van der Waals surface area contributed by atoms with Crippen LogP contribution in [-0.2, 0) is 4.79 Å². The second-order valence-electron chi connectivity index (χ2n) is 4.70. The van der Waals surface area contributed by atoms with Crippen molar-refractivity contribution in [3.8, 4) is 0 Å². The van der Waals surface area contributed by atoms with E-state index in [0.29, 0.717) is 18.4 Å². The first-order valence-electron chi connectivity index (χ1n) is 5.74. The van der Waals surface area contributed by atoms with E-state index in [1.54, 1.807) is 0 Å². The average Bonchev–Trinajstić information content (AvgIpc) is 2.12. The number of hydrogen-bond acceptors (Lipinski definition) is 3. The molecule has 0 aromatic carbocycles. The average molecular weight is 229 g/mol. The predicted molar refractivity (Wildman–Crippen MR) is 62.3 cm³/mol. The van der Waals surface area contributed by atoms with Gasteiger partial charge in [0.05, 0.1) is 6.42 Å². The molecule has 2 saturated heterocycles. The molecule has 3 nitrogen and oxygen atoms in total. The minimum atomic E-state index is -0.647. The Morgan fingerprint density at radius 3 is 2.87 bits per heavy atom. The standard InChI is InChI=1S/C11H19NO2S/c1-8-10(3-2-4-15-8)12-6-9(7-12)5-11(13)14/h8-10H,2-7H2,1H3,(H,13,14). The minimum absolute atomic E-state index is 0.352. The molecule has 0 aromatic heterocycles. The molecule has 0 spiro atoms. The number of nitrogens with zero attached hydrogens (tertiary/aromatic N) is 1. The number of thioether (sulfide) groups is 1. The van der Waals surface area contributed by atoms with Crippen LogP contribution in [0.3, 0.4) is 0 Å². The zero-order chi connectivity index (χ0) is 10.8. The first kappa shape index (κ1) is 11.3. The number of carboxylic acids is 1. The molecule has 2 fully saturated rings. The summed E-state index contributed by atoms with van der Waals surface area (Å²) in [6, 6.07) is 0.703. The Labute approximate surface area is 95.2 Å². The lowest BCUT2D eigenvalue weighted by Gasteiger charge is -2.47. The van der Waals surface area contributed by atoms with Crippen LogP contribution in [0, 0.1) is 5.92 Å². The van der Waals surface area contributed by atoms with Crippen molar-refractivity contribution in [2.24, 2.45) is 5.92 Å². The van der Waals surface area contributed by atoms with Gasteiger partial charge in [-0.1, -0.05) is 6.92 Å². The predicted octanol–water partition coefficient (Wildman–Crippen LogP) is 1.68. The van der Waals surface area contributed by atoms with Crippen molar-refractivity contribution in [1.29, 1.82) is 0 Å². The lowest BCUT2D eigenvalue weighted by molar-refractivity contribution is -0.139. The topological polar surface area (TPSA) is 40.5 Å². The maximum absolute atomic E-state index is 10.5. The Kier molecular flexibility index (Phi) is 3.57. The first-order valence-corrected chi connectivity index (χ1v) is 6.79. The Morgan fingerprint density at radius 1 is 1.53 bits per heavy atom. The van der Waals surface area contributed by atoms with Gasteiger partial charge in [-0.05, 0) is 24.5 Å². The molecule has 2 unspecified atom stereocenters. The van der Waals surface area contributed by atoms with Crippen molar-refractivity contribution in [2.75, 3.05) is 18.8 Å². The first-order chi connectivity index (χ1) is 7.16. The molecule has 0 aromatic rings. The summed E-state index contributed by atoms with van der Waals surface area (Å²) in [6.07, 6.45) is 2.97. The Morgan fingerprint density at radius 2 is 2.27 bits per heavy atom. The fourth-order valence-corrected chi connectivity index (χ4v) is 3.88. The molecule has 2 aliphatic rings. The molecule has 2 heterocycles. The maximum atomic E-state index is 10.5. The third kappa shape index (κ3) is 2.67. The van der Waals surface area contributed by atoms with Gasteiger partial charge in [-0.15, -0.1) is 0 Å². The number of aliphatic carboxylic acids is 1. The minimum Gasteiger partial charge on any atom is -0.481 e. The molecule has 0 radical (unpaired) electrons. The fourth-order valence-electron chi connectivity index (χ4n) is 2.64. The highest BCUT2D eigenvalue weighted by atomic mass is 32.2. The lowest BCUT2D eigenvalue weighted by Crippen LogP contribution is -2.56. The Bertz CT molecular complexity index is 241. The highest BCUT2D eigenvalue weighted by Gasteiger charge is 2.36. The number of rotatable bonds is 3. The molecule has 86 valence electrons. The second kappa shape index (κ2) is 4.74. The van der Waals surface area contributed by atoms with E-state index in [-0.39, 0.29) is 0 Å². The summed E-state index contributed by atoms with van der Waals surface area (Å²) in [4.78, 5) is 13.0. The van der Waals surface area contributed by atoms with Crippen LogP contribution in [0.5, 0.6) is 0 Å². The van der Waals surface area contributed by atoms with Crippen LogP contribution in [0.4, 0.5) is 0 Å². The van der Waals surface area contributed by atoms with E-state index in [0.717, 1.165) is 18.3 Å². The van der Waals surface area contributed by atoms with Crippen LogP contribution in [0.1, 0.15) is 26.2 Å². The van der Waals surface area contributed by atoms with Crippen LogP contribution in [0.2, 0.25) is 0 Å². The highest BCUT2D eigenvalue weighted by molar-refractivity contribution is 7.99. The van der Waals surface area contributed by atoms with E-state index < -0.39 is 5.97 Å². The van der Waals surface area contributed by atoms with E-state index in [4.69, 9.17) is 5.11 Å². The third-order valence-corrected chi connectivity index (χ3v) is 4.85. The molecule has 0 bridgehead atoms. The zero-order valence-electron chi connectivity index (χ0n) is 9.19. The molecule has 2 atom stereocenters. The van der Waals surface area contributed by atoms with Crippen LogP contribution in [-0.4, -0.2) is 46.1 Å². The molecule has 1 N–H and O–H groups in total. The quantitative estimate of drug-likeness (QED) is 0.799. The summed E-state index contributed by atoms with van der Waals surface area (Å²) in [5.41, 5.74) is 0. The number of carboxylic acid groups (broad SMARTS) is 1. The van der Waals surface area contributed by atoms with Gasteiger partial charge in [-0.2, -0.15) is 11.8 Å². The molecule has 0 aliphatic carbocycles. The molecule has 4 heteroatoms. The Balaban J connectivity index is 1.75. The summed E-state index contributed by atoms with van der Waals surface area (Å²) in [5, 5.41) is 9.40. The Hall–Kier alpha value is -0.220. The van der Waals surface area contributed by atoms with Crippen LogP contribution < -0.4 is 0 Å². The maximum Gasteiger partial charge on any atom is 0.303 e. The molecule has 15 heavy (non-hydrogen) atoms. The summed E-state index contributed by atoms with van der Waals surface area (Å²) in [6.45, 7) is 4.31. The van der Waals surface area contributed by atoms with E-state index in [2.05, 4.69) is 23.6 Å². The van der Waals surface area contributed by atoms with Crippen LogP contribution in [0.15, 0.2) is 0 Å². The largest absolute Gasteiger partial charge is 0.481 e. The van der Waals surface area contributed by atoms with Crippen molar-refractivity contribution < 1.29 is 9.90 Å². The summed E-state index contributed by atoms with van der Waals surface area (Å²) >= 11 is 2.06. The van der Waals surface area contributed by atoms with Gasteiger partial charge in [0.15, 0.2) is 0 Å². The van der Waals surface area contributed by atoms with Crippen molar-refractivity contribution >= 4 is 17.7 Å². The van der Waals surface area contributed by atoms with Gasteiger partial charge in [0, 0.05) is 24.4 Å². The highest BCUT2D eigenvalue weighted by Crippen LogP contribution is 2.33. The van der Waals surface area contributed by atoms with Gasteiger partial charge in [0.1, 0.15) is 0 Å². The third-order valence-electron chi connectivity index (χ3n) is 3.48. The molecule has 2 aliphatic heterocycles. The van der Waals surface area contributed by atoms with Gasteiger partial charge < -0.3 is 5.11 Å². The van der Waals surface area contributed by atoms with Crippen molar-refractivity contribution in [3.05, 3.63) is 0 Å². The van der Waals surface area contributed by atoms with Crippen LogP contribution in [0.25, 0.3) is 0 Å². The van der Waals surface area contributed by atoms with E-state index in [1.165, 1.54) is 18.6 Å². The van der Waals surface area contributed by atoms with E-state index >= 15 is 0 Å². The van der Waals surface area contributed by atoms with Gasteiger partial charge in [-0.25, -0.2) is 0 Å². The fraction of sp³-hybridized carbons (Fsp3) is 0.909. The second-order valence-corrected chi connectivity index (χ2v) is 6.19. The summed E-state index contributed by atoms with van der Waals surface area (Å²) < 4.78 is 0. The zero-order valence-corrected chi connectivity index (χ0v) is 10.0. The summed E-state index contributed by atoms with van der Waals surface area (Å²) in [5.74, 6) is 1.05. The smallest absolute Gasteiger partial charge is 0.303 e. The van der Waals surface area contributed by atoms with E-state index in [9.17, 15) is 4.79 Å². The number of likely N-dealkylation sites (tertiary alicyclic amines) is 1. The molecular formula is C11H19NO2S. The normalized spacial score (nSPS) is 33.7. The van der Waals surface area contributed by atoms with Crippen molar-refractivity contribution in [2.45, 2.75) is 37.5 Å².